The Hall–Kier alpha value is -1.55. The maximum atomic E-state index is 5.96. The van der Waals surface area contributed by atoms with Crippen molar-refractivity contribution in [2.45, 2.75) is 33.1 Å². The van der Waals surface area contributed by atoms with Crippen molar-refractivity contribution in [2.75, 3.05) is 17.6 Å². The molecule has 0 spiro atoms. The number of nitrogen functional groups attached to an aromatic ring is 1. The second-order valence-electron chi connectivity index (χ2n) is 5.13. The van der Waals surface area contributed by atoms with Crippen molar-refractivity contribution in [1.82, 2.24) is 4.98 Å². The van der Waals surface area contributed by atoms with Crippen LogP contribution in [-0.4, -0.2) is 11.5 Å². The molecule has 2 aromatic rings. The van der Waals surface area contributed by atoms with Gasteiger partial charge in [-0.15, -0.1) is 0 Å². The average molecular weight is 273 g/mol. The zero-order valence-electron chi connectivity index (χ0n) is 11.4. The molecule has 2 heterocycles. The molecule has 1 aromatic heterocycles. The van der Waals surface area contributed by atoms with Crippen LogP contribution in [0.1, 0.15) is 29.7 Å². The van der Waals surface area contributed by atoms with E-state index in [1.54, 1.807) is 11.3 Å². The summed E-state index contributed by atoms with van der Waals surface area (Å²) in [5.74, 6) is 0. The Bertz CT molecular complexity index is 593. The van der Waals surface area contributed by atoms with Crippen molar-refractivity contribution >= 4 is 22.0 Å². The van der Waals surface area contributed by atoms with Crippen molar-refractivity contribution in [1.29, 1.82) is 0 Å². The predicted octanol–water partition coefficient (Wildman–Crippen LogP) is 3.76. The van der Waals surface area contributed by atoms with Gasteiger partial charge in [-0.05, 0) is 56.4 Å². The maximum absolute atomic E-state index is 5.96. The van der Waals surface area contributed by atoms with Gasteiger partial charge in [-0.3, -0.25) is 0 Å². The van der Waals surface area contributed by atoms with Gasteiger partial charge in [0.25, 0.3) is 0 Å². The Morgan fingerprint density at radius 2 is 2.05 bits per heavy atom. The van der Waals surface area contributed by atoms with Gasteiger partial charge in [-0.25, -0.2) is 4.98 Å². The molecule has 0 atom stereocenters. The molecule has 0 unspecified atom stereocenters. The summed E-state index contributed by atoms with van der Waals surface area (Å²) in [4.78, 5) is 4.83. The first-order valence-electron chi connectivity index (χ1n) is 6.76. The number of rotatable bonds is 1. The SMILES string of the molecule is Cc1c(N)ccc(-c2nc3c(s2)NCCCC3)c1C. The summed E-state index contributed by atoms with van der Waals surface area (Å²) in [6.07, 6.45) is 3.55. The Labute approximate surface area is 117 Å². The van der Waals surface area contributed by atoms with E-state index >= 15 is 0 Å². The molecule has 0 bridgehead atoms. The van der Waals surface area contributed by atoms with E-state index in [0.29, 0.717) is 0 Å². The largest absolute Gasteiger partial charge is 0.399 e. The quantitative estimate of drug-likeness (QED) is 0.778. The second kappa shape index (κ2) is 4.85. The molecule has 100 valence electrons. The molecule has 1 aliphatic rings. The number of anilines is 2. The minimum absolute atomic E-state index is 0.859. The van der Waals surface area contributed by atoms with E-state index in [9.17, 15) is 0 Å². The third-order valence-corrected chi connectivity index (χ3v) is 4.97. The summed E-state index contributed by atoms with van der Waals surface area (Å²) >= 11 is 1.77. The van der Waals surface area contributed by atoms with Crippen molar-refractivity contribution in [3.8, 4) is 10.6 Å². The van der Waals surface area contributed by atoms with Gasteiger partial charge >= 0.3 is 0 Å². The van der Waals surface area contributed by atoms with Crippen molar-refractivity contribution in [3.63, 3.8) is 0 Å². The lowest BCUT2D eigenvalue weighted by Gasteiger charge is -2.08. The molecular weight excluding hydrogens is 254 g/mol. The molecule has 0 saturated carbocycles. The van der Waals surface area contributed by atoms with Crippen molar-refractivity contribution < 1.29 is 0 Å². The van der Waals surface area contributed by atoms with E-state index in [1.165, 1.54) is 34.7 Å². The molecule has 0 amide bonds. The average Bonchev–Trinajstić information content (AvgIpc) is 2.67. The summed E-state index contributed by atoms with van der Waals surface area (Å²) in [6.45, 7) is 5.26. The number of benzene rings is 1. The van der Waals surface area contributed by atoms with Gasteiger partial charge in [0.15, 0.2) is 0 Å². The first kappa shape index (κ1) is 12.5. The van der Waals surface area contributed by atoms with Gasteiger partial charge in [-0.2, -0.15) is 0 Å². The summed E-state index contributed by atoms with van der Waals surface area (Å²) in [5, 5.41) is 5.85. The standard InChI is InChI=1S/C15H19N3S/c1-9-10(2)12(16)7-6-11(9)14-18-13-5-3-4-8-17-15(13)19-14/h6-7,17H,3-5,8,16H2,1-2H3. The highest BCUT2D eigenvalue weighted by Gasteiger charge is 2.16. The van der Waals surface area contributed by atoms with Crippen LogP contribution in [-0.2, 0) is 6.42 Å². The number of hydrogen-bond acceptors (Lipinski definition) is 4. The van der Waals surface area contributed by atoms with Gasteiger partial charge in [-0.1, -0.05) is 11.3 Å². The molecule has 3 nitrogen and oxygen atoms in total. The molecule has 3 rings (SSSR count). The highest BCUT2D eigenvalue weighted by atomic mass is 32.1. The number of nitrogens with zero attached hydrogens (tertiary/aromatic N) is 1. The normalized spacial score (nSPS) is 14.6. The lowest BCUT2D eigenvalue weighted by atomic mass is 10.0. The number of hydrogen-bond donors (Lipinski definition) is 2. The number of nitrogens with two attached hydrogens (primary N) is 1. The molecule has 0 radical (unpaired) electrons. The zero-order valence-corrected chi connectivity index (χ0v) is 12.2. The van der Waals surface area contributed by atoms with E-state index in [-0.39, 0.29) is 0 Å². The number of nitrogens with one attached hydrogen (secondary N) is 1. The van der Waals surface area contributed by atoms with Gasteiger partial charge in [0.1, 0.15) is 10.0 Å². The van der Waals surface area contributed by atoms with Crippen LogP contribution in [0.3, 0.4) is 0 Å². The predicted molar refractivity (Wildman–Crippen MR) is 82.9 cm³/mol. The van der Waals surface area contributed by atoms with Gasteiger partial charge in [0.05, 0.1) is 5.69 Å². The van der Waals surface area contributed by atoms with Crippen LogP contribution < -0.4 is 11.1 Å². The fraction of sp³-hybridized carbons (Fsp3) is 0.400. The van der Waals surface area contributed by atoms with Gasteiger partial charge < -0.3 is 11.1 Å². The number of aromatic nitrogens is 1. The summed E-state index contributed by atoms with van der Waals surface area (Å²) in [5.41, 5.74) is 11.7. The lowest BCUT2D eigenvalue weighted by Crippen LogP contribution is -1.96. The Morgan fingerprint density at radius 1 is 1.21 bits per heavy atom. The summed E-state index contributed by atoms with van der Waals surface area (Å²) < 4.78 is 0. The van der Waals surface area contributed by atoms with E-state index in [1.807, 2.05) is 6.07 Å². The first-order valence-corrected chi connectivity index (χ1v) is 7.58. The third-order valence-electron chi connectivity index (χ3n) is 3.88. The van der Waals surface area contributed by atoms with E-state index < -0.39 is 0 Å². The highest BCUT2D eigenvalue weighted by Crippen LogP contribution is 2.37. The maximum Gasteiger partial charge on any atom is 0.125 e. The third kappa shape index (κ3) is 2.21. The monoisotopic (exact) mass is 273 g/mol. The molecule has 19 heavy (non-hydrogen) atoms. The van der Waals surface area contributed by atoms with E-state index in [4.69, 9.17) is 10.7 Å². The lowest BCUT2D eigenvalue weighted by molar-refractivity contribution is 0.775. The Morgan fingerprint density at radius 3 is 2.89 bits per heavy atom. The number of aryl methyl sites for hydroxylation is 1. The number of fused-ring (bicyclic) bond motifs is 1. The van der Waals surface area contributed by atoms with Crippen LogP contribution in [0, 0.1) is 13.8 Å². The second-order valence-corrected chi connectivity index (χ2v) is 6.13. The molecule has 1 aliphatic heterocycles. The van der Waals surface area contributed by atoms with E-state index in [2.05, 4.69) is 25.2 Å². The fourth-order valence-corrected chi connectivity index (χ4v) is 3.59. The topological polar surface area (TPSA) is 50.9 Å². The molecule has 0 saturated heterocycles. The molecule has 0 aliphatic carbocycles. The first-order chi connectivity index (χ1) is 9.16. The molecule has 4 heteroatoms. The van der Waals surface area contributed by atoms with Crippen LogP contribution in [0.2, 0.25) is 0 Å². The number of thiazole rings is 1. The molecule has 1 aromatic carbocycles. The molecule has 0 fully saturated rings. The Balaban J connectivity index is 2.06. The van der Waals surface area contributed by atoms with Gasteiger partial charge in [0, 0.05) is 17.8 Å². The van der Waals surface area contributed by atoms with Crippen LogP contribution in [0.5, 0.6) is 0 Å². The smallest absolute Gasteiger partial charge is 0.125 e. The molecular formula is C15H19N3S. The zero-order chi connectivity index (χ0) is 13.4. The minimum atomic E-state index is 0.859. The molecule has 3 N–H and O–H groups in total. The van der Waals surface area contributed by atoms with Crippen molar-refractivity contribution in [3.05, 3.63) is 29.0 Å². The summed E-state index contributed by atoms with van der Waals surface area (Å²) in [6, 6.07) is 4.08. The summed E-state index contributed by atoms with van der Waals surface area (Å²) in [7, 11) is 0. The Kier molecular flexibility index (Phi) is 3.19. The fourth-order valence-electron chi connectivity index (χ4n) is 2.47. The van der Waals surface area contributed by atoms with Crippen LogP contribution in [0.15, 0.2) is 12.1 Å². The van der Waals surface area contributed by atoms with Crippen molar-refractivity contribution in [2.24, 2.45) is 0 Å². The van der Waals surface area contributed by atoms with E-state index in [0.717, 1.165) is 29.2 Å². The van der Waals surface area contributed by atoms with Crippen LogP contribution >= 0.6 is 11.3 Å². The van der Waals surface area contributed by atoms with Crippen LogP contribution in [0.4, 0.5) is 10.7 Å². The van der Waals surface area contributed by atoms with Crippen LogP contribution in [0.25, 0.3) is 10.6 Å². The van der Waals surface area contributed by atoms with Gasteiger partial charge in [0.2, 0.25) is 0 Å². The highest BCUT2D eigenvalue weighted by molar-refractivity contribution is 7.19. The minimum Gasteiger partial charge on any atom is -0.399 e.